The molecule has 2 aromatic carbocycles. The summed E-state index contributed by atoms with van der Waals surface area (Å²) >= 11 is 0. The zero-order valence-electron chi connectivity index (χ0n) is 16.0. The number of rotatable bonds is 6. The molecule has 0 aliphatic carbocycles. The molecule has 148 valence electrons. The monoisotopic (exact) mass is 416 g/mol. The van der Waals surface area contributed by atoms with Crippen LogP contribution in [0.5, 0.6) is 5.75 Å². The van der Waals surface area contributed by atoms with E-state index < -0.39 is 43.1 Å². The molecule has 0 fully saturated rings. The average molecular weight is 416 g/mol. The summed E-state index contributed by atoms with van der Waals surface area (Å²) in [7, 11) is -0.889. The van der Waals surface area contributed by atoms with Crippen LogP contribution in [0, 0.1) is 0 Å². The summed E-state index contributed by atoms with van der Waals surface area (Å²) < 4.78 is 84.3. The fraction of sp³-hybridized carbons (Fsp3) is 0.278. The zero-order valence-corrected chi connectivity index (χ0v) is 16.0. The van der Waals surface area contributed by atoms with Crippen LogP contribution in [0.4, 0.5) is 26.3 Å². The fourth-order valence-electron chi connectivity index (χ4n) is 2.32. The number of carbonyl (C=O) groups is 1. The van der Waals surface area contributed by atoms with Gasteiger partial charge in [0, 0.05) is 5.56 Å². The van der Waals surface area contributed by atoms with Crippen LogP contribution in [0.25, 0.3) is 0 Å². The summed E-state index contributed by atoms with van der Waals surface area (Å²) in [6, 6.07) is 7.54. The van der Waals surface area contributed by atoms with Gasteiger partial charge in [0.1, 0.15) is 5.75 Å². The molecule has 1 atom stereocenters. The maximum absolute atomic E-state index is 13.2. The van der Waals surface area contributed by atoms with Crippen molar-refractivity contribution < 1.29 is 56.2 Å². The Morgan fingerprint density at radius 2 is 1.46 bits per heavy atom. The average Bonchev–Trinajstić information content (AvgIpc) is 2.59. The van der Waals surface area contributed by atoms with E-state index in [-0.39, 0.29) is 20.3 Å². The maximum atomic E-state index is 13.2. The normalized spacial score (nSPS) is 12.1. The summed E-state index contributed by atoms with van der Waals surface area (Å²) in [5.41, 5.74) is -5.74. The van der Waals surface area contributed by atoms with Crippen molar-refractivity contribution in [2.45, 2.75) is 25.7 Å². The topological polar surface area (TPSA) is 26.3 Å². The molecule has 2 rings (SSSR count). The van der Waals surface area contributed by atoms with Gasteiger partial charge in [0.05, 0.1) is 17.7 Å². The first kappa shape index (κ1) is 24.6. The summed E-state index contributed by atoms with van der Waals surface area (Å²) in [5, 5.41) is 0.314. The van der Waals surface area contributed by atoms with Crippen molar-refractivity contribution in [3.8, 4) is 5.75 Å². The first-order chi connectivity index (χ1) is 12.5. The Labute approximate surface area is 173 Å². The van der Waals surface area contributed by atoms with E-state index in [2.05, 4.69) is 0 Å². The van der Waals surface area contributed by atoms with Crippen LogP contribution in [0.15, 0.2) is 42.5 Å². The Balaban J connectivity index is 0.00000392. The molecule has 0 aliphatic rings. The molecule has 0 N–H and O–H groups in total. The minimum absolute atomic E-state index is 0. The molecular formula is C18H16F6LiO2P. The first-order valence-electron chi connectivity index (χ1n) is 7.85. The van der Waals surface area contributed by atoms with Gasteiger partial charge in [-0.3, -0.25) is 4.79 Å². The molecule has 1 unspecified atom stereocenters. The number of hydrogen-bond donors (Lipinski definition) is 0. The number of benzene rings is 2. The van der Waals surface area contributed by atoms with Crippen molar-refractivity contribution in [2.24, 2.45) is 0 Å². The first-order valence-corrected chi connectivity index (χ1v) is 8.85. The maximum Gasteiger partial charge on any atom is 1.00 e. The van der Waals surface area contributed by atoms with Gasteiger partial charge in [0.25, 0.3) is 0 Å². The molecule has 2 aromatic rings. The summed E-state index contributed by atoms with van der Waals surface area (Å²) in [4.78, 5) is 12.4. The molecule has 0 saturated heterocycles. The van der Waals surface area contributed by atoms with Crippen LogP contribution < -0.4 is 28.9 Å². The minimum atomic E-state index is -5.07. The van der Waals surface area contributed by atoms with Crippen LogP contribution >= 0.6 is 8.58 Å². The molecule has 28 heavy (non-hydrogen) atoms. The largest absolute Gasteiger partial charge is 1.00 e. The molecule has 2 nitrogen and oxygen atoms in total. The molecule has 10 heteroatoms. The van der Waals surface area contributed by atoms with Gasteiger partial charge < -0.3 is 6.16 Å². The van der Waals surface area contributed by atoms with Crippen molar-refractivity contribution in [1.82, 2.24) is 0 Å². The number of alkyl halides is 6. The Morgan fingerprint density at radius 1 is 0.964 bits per heavy atom. The smallest absolute Gasteiger partial charge is 1.00 e. The van der Waals surface area contributed by atoms with Crippen LogP contribution in [0.3, 0.4) is 0 Å². The molecular weight excluding hydrogens is 400 g/mol. The van der Waals surface area contributed by atoms with Crippen molar-refractivity contribution >= 4 is 19.4 Å². The third kappa shape index (κ3) is 6.27. The molecule has 0 spiro atoms. The van der Waals surface area contributed by atoms with Crippen molar-refractivity contribution in [2.75, 3.05) is 6.61 Å². The summed E-state index contributed by atoms with van der Waals surface area (Å²) in [5.74, 6) is 0.504. The van der Waals surface area contributed by atoms with E-state index in [9.17, 15) is 31.1 Å². The van der Waals surface area contributed by atoms with E-state index in [0.717, 1.165) is 6.42 Å². The predicted molar refractivity (Wildman–Crippen MR) is 92.1 cm³/mol. The Morgan fingerprint density at radius 3 is 1.89 bits per heavy atom. The number of halogens is 6. The van der Waals surface area contributed by atoms with E-state index >= 15 is 0 Å². The fourth-order valence-corrected chi connectivity index (χ4v) is 3.31. The third-order valence-electron chi connectivity index (χ3n) is 3.49. The van der Waals surface area contributed by atoms with Crippen molar-refractivity contribution in [1.29, 1.82) is 0 Å². The van der Waals surface area contributed by atoms with E-state index in [0.29, 0.717) is 35.9 Å². The van der Waals surface area contributed by atoms with E-state index in [1.54, 1.807) is 0 Å². The minimum Gasteiger partial charge on any atom is -1.00 e. The van der Waals surface area contributed by atoms with Crippen LogP contribution in [-0.2, 0) is 12.4 Å². The molecule has 0 saturated carbocycles. The molecule has 0 aromatic heterocycles. The van der Waals surface area contributed by atoms with Crippen LogP contribution in [-0.4, -0.2) is 12.1 Å². The van der Waals surface area contributed by atoms with Crippen LogP contribution in [0.2, 0.25) is 0 Å². The molecule has 0 heterocycles. The Bertz CT molecular complexity index is 777. The number of carbonyl (C=O) groups excluding carboxylic acids is 1. The van der Waals surface area contributed by atoms with Crippen molar-refractivity contribution in [3.05, 3.63) is 59.2 Å². The van der Waals surface area contributed by atoms with Gasteiger partial charge in [-0.05, 0) is 44.6 Å². The quantitative estimate of drug-likeness (QED) is 0.412. The zero-order chi connectivity index (χ0) is 20.2. The molecule has 0 aliphatic heterocycles. The van der Waals surface area contributed by atoms with Gasteiger partial charge in [-0.2, -0.15) is 26.3 Å². The van der Waals surface area contributed by atoms with Crippen LogP contribution in [0.1, 0.15) is 36.3 Å². The predicted octanol–water partition coefficient (Wildman–Crippen LogP) is 2.77. The Hall–Kier alpha value is -1.48. The van der Waals surface area contributed by atoms with Gasteiger partial charge in [-0.1, -0.05) is 25.1 Å². The van der Waals surface area contributed by atoms with E-state index in [1.807, 2.05) is 6.92 Å². The summed E-state index contributed by atoms with van der Waals surface area (Å²) in [6.45, 7) is 2.37. The van der Waals surface area contributed by atoms with Gasteiger partial charge in [0.15, 0.2) is 5.52 Å². The molecule has 0 radical (unpaired) electrons. The van der Waals surface area contributed by atoms with E-state index in [1.165, 1.54) is 24.3 Å². The van der Waals surface area contributed by atoms with Gasteiger partial charge >= 0.3 is 31.2 Å². The van der Waals surface area contributed by atoms with Crippen molar-refractivity contribution in [3.63, 3.8) is 0 Å². The van der Waals surface area contributed by atoms with Gasteiger partial charge in [0.2, 0.25) is 0 Å². The van der Waals surface area contributed by atoms with E-state index in [4.69, 9.17) is 4.74 Å². The second kappa shape index (κ2) is 9.82. The molecule has 0 bridgehead atoms. The Kier molecular flexibility index (Phi) is 8.61. The third-order valence-corrected chi connectivity index (χ3v) is 4.59. The second-order valence-corrected chi connectivity index (χ2v) is 6.83. The standard InChI is InChI=1S/C18H15F6O2P.Li.H/c1-2-10-26-11-6-8-12(9-7-11)27-16(25)15-13(17(19,20)21)4-3-5-14(15)18(22,23)24;;/h3-9,27H,2,10H2,1H3;;/q;+1;-1. The number of ether oxygens (including phenoxy) is 1. The molecule has 0 amide bonds. The van der Waals surface area contributed by atoms with Gasteiger partial charge in [-0.15, -0.1) is 0 Å². The SMILES string of the molecule is CCCOc1ccc(PC(=O)c2c(C(F)(F)F)cccc2C(F)(F)F)cc1.[H-].[Li+]. The number of hydrogen-bond acceptors (Lipinski definition) is 2. The van der Waals surface area contributed by atoms with Gasteiger partial charge in [-0.25, -0.2) is 0 Å². The second-order valence-electron chi connectivity index (χ2n) is 5.55. The summed E-state index contributed by atoms with van der Waals surface area (Å²) in [6.07, 6.45) is -9.38.